The summed E-state index contributed by atoms with van der Waals surface area (Å²) in [6.07, 6.45) is 6.17. The Balaban J connectivity index is 1.38. The van der Waals surface area contributed by atoms with Gasteiger partial charge >= 0.3 is 0 Å². The first-order chi connectivity index (χ1) is 11.8. The summed E-state index contributed by atoms with van der Waals surface area (Å²) >= 11 is 0. The van der Waals surface area contributed by atoms with E-state index >= 15 is 0 Å². The van der Waals surface area contributed by atoms with Crippen LogP contribution in [-0.2, 0) is 4.79 Å². The lowest BCUT2D eigenvalue weighted by molar-refractivity contribution is -0.117. The van der Waals surface area contributed by atoms with Crippen molar-refractivity contribution in [3.63, 3.8) is 0 Å². The molecule has 0 spiro atoms. The molecular formula is C19H26N2O3. The van der Waals surface area contributed by atoms with Gasteiger partial charge in [0, 0.05) is 18.2 Å². The third kappa shape index (κ3) is 4.16. The monoisotopic (exact) mass is 330 g/mol. The van der Waals surface area contributed by atoms with Crippen molar-refractivity contribution in [2.45, 2.75) is 31.7 Å². The highest BCUT2D eigenvalue weighted by Gasteiger charge is 2.22. The van der Waals surface area contributed by atoms with Crippen LogP contribution in [0.5, 0.6) is 5.75 Å². The molecule has 1 unspecified atom stereocenters. The van der Waals surface area contributed by atoms with E-state index in [2.05, 4.69) is 10.2 Å². The van der Waals surface area contributed by atoms with Gasteiger partial charge in [-0.25, -0.2) is 0 Å². The number of aliphatic hydroxyl groups is 1. The highest BCUT2D eigenvalue weighted by Crippen LogP contribution is 2.25. The minimum Gasteiger partial charge on any atom is -0.488 e. The minimum atomic E-state index is -0.0427. The van der Waals surface area contributed by atoms with E-state index in [4.69, 9.17) is 4.74 Å². The van der Waals surface area contributed by atoms with E-state index in [9.17, 15) is 9.90 Å². The second-order valence-corrected chi connectivity index (χ2v) is 6.47. The van der Waals surface area contributed by atoms with Gasteiger partial charge in [0.05, 0.1) is 12.2 Å². The zero-order chi connectivity index (χ0) is 16.8. The van der Waals surface area contributed by atoms with Gasteiger partial charge in [0.15, 0.2) is 0 Å². The topological polar surface area (TPSA) is 61.8 Å². The van der Waals surface area contributed by atoms with Crippen LogP contribution < -0.4 is 10.1 Å². The standard InChI is InChI=1S/C19H26N2O3/c22-13-17-7-5-11-21(17)10-4-3-9-20-19(23)16-12-15-6-1-2-8-18(15)24-14-16/h1-2,6,8,12,17,22H,3-5,7,9-11,13-14H2,(H,20,23). The van der Waals surface area contributed by atoms with Gasteiger partial charge in [-0.15, -0.1) is 0 Å². The number of carbonyl (C=O) groups is 1. The van der Waals surface area contributed by atoms with Gasteiger partial charge in [-0.05, 0) is 50.9 Å². The lowest BCUT2D eigenvalue weighted by atomic mass is 10.1. The fourth-order valence-electron chi connectivity index (χ4n) is 3.40. The molecule has 0 radical (unpaired) electrons. The summed E-state index contributed by atoms with van der Waals surface area (Å²) in [6.45, 7) is 3.35. The van der Waals surface area contributed by atoms with E-state index in [-0.39, 0.29) is 12.5 Å². The third-order valence-corrected chi connectivity index (χ3v) is 4.79. The smallest absolute Gasteiger partial charge is 0.250 e. The van der Waals surface area contributed by atoms with Crippen LogP contribution in [0.15, 0.2) is 29.8 Å². The number of nitrogens with one attached hydrogen (secondary N) is 1. The first-order valence-corrected chi connectivity index (χ1v) is 8.83. The van der Waals surface area contributed by atoms with Gasteiger partial charge in [-0.1, -0.05) is 18.2 Å². The lowest BCUT2D eigenvalue weighted by Crippen LogP contribution is -2.34. The van der Waals surface area contributed by atoms with E-state index in [1.54, 1.807) is 0 Å². The second kappa shape index (κ2) is 8.31. The lowest BCUT2D eigenvalue weighted by Gasteiger charge is -2.22. The number of rotatable bonds is 7. The van der Waals surface area contributed by atoms with Crippen LogP contribution in [-0.4, -0.2) is 54.8 Å². The Morgan fingerprint density at radius 2 is 2.21 bits per heavy atom. The predicted octanol–water partition coefficient (Wildman–Crippen LogP) is 1.82. The molecule has 2 aliphatic rings. The largest absolute Gasteiger partial charge is 0.488 e. The van der Waals surface area contributed by atoms with Crippen LogP contribution in [0.3, 0.4) is 0 Å². The zero-order valence-corrected chi connectivity index (χ0v) is 14.0. The van der Waals surface area contributed by atoms with E-state index in [0.29, 0.717) is 24.8 Å². The number of carbonyl (C=O) groups excluding carboxylic acids is 1. The molecule has 130 valence electrons. The minimum absolute atomic E-state index is 0.0427. The molecule has 2 heterocycles. The van der Waals surface area contributed by atoms with E-state index in [1.165, 1.54) is 6.42 Å². The van der Waals surface area contributed by atoms with Crippen LogP contribution >= 0.6 is 0 Å². The maximum Gasteiger partial charge on any atom is 0.250 e. The highest BCUT2D eigenvalue weighted by atomic mass is 16.5. The fourth-order valence-corrected chi connectivity index (χ4v) is 3.40. The summed E-state index contributed by atoms with van der Waals surface area (Å²) < 4.78 is 5.62. The summed E-state index contributed by atoms with van der Waals surface area (Å²) in [5, 5.41) is 12.3. The van der Waals surface area contributed by atoms with Gasteiger partial charge in [0.2, 0.25) is 0 Å². The molecule has 0 aliphatic carbocycles. The summed E-state index contributed by atoms with van der Waals surface area (Å²) in [7, 11) is 0. The number of hydrogen-bond acceptors (Lipinski definition) is 4. The number of unbranched alkanes of at least 4 members (excludes halogenated alkanes) is 1. The van der Waals surface area contributed by atoms with Crippen LogP contribution in [0.25, 0.3) is 6.08 Å². The molecule has 0 saturated carbocycles. The normalized spacial score (nSPS) is 20.2. The van der Waals surface area contributed by atoms with Crippen LogP contribution in [0.4, 0.5) is 0 Å². The second-order valence-electron chi connectivity index (χ2n) is 6.47. The van der Waals surface area contributed by atoms with Crippen LogP contribution in [0.2, 0.25) is 0 Å². The number of aliphatic hydroxyl groups excluding tert-OH is 1. The van der Waals surface area contributed by atoms with Crippen molar-refractivity contribution in [2.24, 2.45) is 0 Å². The Morgan fingerprint density at radius 3 is 3.08 bits per heavy atom. The molecule has 0 bridgehead atoms. The maximum atomic E-state index is 12.2. The number of fused-ring (bicyclic) bond motifs is 1. The Morgan fingerprint density at radius 1 is 1.33 bits per heavy atom. The van der Waals surface area contributed by atoms with Gasteiger partial charge in [-0.2, -0.15) is 0 Å². The molecule has 2 N–H and O–H groups in total. The molecular weight excluding hydrogens is 304 g/mol. The maximum absolute atomic E-state index is 12.2. The van der Waals surface area contributed by atoms with Gasteiger partial charge in [-0.3, -0.25) is 9.69 Å². The van der Waals surface area contributed by atoms with E-state index in [0.717, 1.165) is 43.7 Å². The van der Waals surface area contributed by atoms with Gasteiger partial charge < -0.3 is 15.2 Å². The Bertz CT molecular complexity index is 600. The zero-order valence-electron chi connectivity index (χ0n) is 14.0. The third-order valence-electron chi connectivity index (χ3n) is 4.79. The average Bonchev–Trinajstić information content (AvgIpc) is 3.08. The van der Waals surface area contributed by atoms with E-state index in [1.807, 2.05) is 30.3 Å². The number of benzene rings is 1. The SMILES string of the molecule is O=C(NCCCCN1CCCC1CO)C1=Cc2ccccc2OC1. The fraction of sp³-hybridized carbons (Fsp3) is 0.526. The summed E-state index contributed by atoms with van der Waals surface area (Å²) in [4.78, 5) is 14.6. The molecule has 3 rings (SSSR count). The molecule has 1 fully saturated rings. The molecule has 24 heavy (non-hydrogen) atoms. The molecule has 1 atom stereocenters. The van der Waals surface area contributed by atoms with Gasteiger partial charge in [0.1, 0.15) is 12.4 Å². The summed E-state index contributed by atoms with van der Waals surface area (Å²) in [5.41, 5.74) is 1.63. The van der Waals surface area contributed by atoms with Crippen molar-refractivity contribution in [3.8, 4) is 5.75 Å². The molecule has 2 aliphatic heterocycles. The molecule has 1 saturated heterocycles. The number of ether oxygens (including phenoxy) is 1. The van der Waals surface area contributed by atoms with Crippen molar-refractivity contribution in [1.29, 1.82) is 0 Å². The van der Waals surface area contributed by atoms with Crippen molar-refractivity contribution in [3.05, 3.63) is 35.4 Å². The molecule has 1 amide bonds. The molecule has 1 aromatic rings. The highest BCUT2D eigenvalue weighted by molar-refractivity contribution is 5.99. The van der Waals surface area contributed by atoms with Crippen molar-refractivity contribution in [1.82, 2.24) is 10.2 Å². The molecule has 5 heteroatoms. The van der Waals surface area contributed by atoms with Crippen molar-refractivity contribution >= 4 is 12.0 Å². The van der Waals surface area contributed by atoms with E-state index < -0.39 is 0 Å². The van der Waals surface area contributed by atoms with Crippen molar-refractivity contribution < 1.29 is 14.6 Å². The number of para-hydroxylation sites is 1. The molecule has 0 aromatic heterocycles. The Kier molecular flexibility index (Phi) is 5.88. The number of hydrogen-bond donors (Lipinski definition) is 2. The predicted molar refractivity (Wildman–Crippen MR) is 93.8 cm³/mol. The summed E-state index contributed by atoms with van der Waals surface area (Å²) in [6, 6.07) is 8.08. The van der Waals surface area contributed by atoms with Crippen molar-refractivity contribution in [2.75, 3.05) is 32.8 Å². The van der Waals surface area contributed by atoms with Crippen LogP contribution in [0.1, 0.15) is 31.2 Å². The Labute approximate surface area is 143 Å². The number of amides is 1. The first kappa shape index (κ1) is 17.0. The molecule has 5 nitrogen and oxygen atoms in total. The average molecular weight is 330 g/mol. The quantitative estimate of drug-likeness (QED) is 0.749. The number of likely N-dealkylation sites (tertiary alicyclic amines) is 1. The summed E-state index contributed by atoms with van der Waals surface area (Å²) in [5.74, 6) is 0.789. The molecule has 1 aromatic carbocycles. The van der Waals surface area contributed by atoms with Crippen LogP contribution in [0, 0.1) is 0 Å². The first-order valence-electron chi connectivity index (χ1n) is 8.83. The van der Waals surface area contributed by atoms with Gasteiger partial charge in [0.25, 0.3) is 5.91 Å². The number of nitrogens with zero attached hydrogens (tertiary/aromatic N) is 1. The Hall–Kier alpha value is -1.85.